The van der Waals surface area contributed by atoms with Crippen molar-refractivity contribution in [1.82, 2.24) is 9.78 Å². The number of aliphatic hydroxyl groups is 1. The van der Waals surface area contributed by atoms with Crippen molar-refractivity contribution in [1.29, 1.82) is 0 Å². The van der Waals surface area contributed by atoms with Gasteiger partial charge in [-0.1, -0.05) is 24.3 Å². The minimum Gasteiger partial charge on any atom is -0.496 e. The molecule has 0 radical (unpaired) electrons. The summed E-state index contributed by atoms with van der Waals surface area (Å²) < 4.78 is 13.0. The molecule has 5 heteroatoms. The van der Waals surface area contributed by atoms with Crippen LogP contribution in [-0.4, -0.2) is 29.1 Å². The maximum atomic E-state index is 11.4. The van der Waals surface area contributed by atoms with E-state index in [0.717, 1.165) is 41.9 Å². The van der Waals surface area contributed by atoms with Gasteiger partial charge in [0.2, 0.25) is 0 Å². The molecule has 0 spiro atoms. The highest BCUT2D eigenvalue weighted by molar-refractivity contribution is 5.48. The third-order valence-electron chi connectivity index (χ3n) is 6.31. The molecule has 30 heavy (non-hydrogen) atoms. The summed E-state index contributed by atoms with van der Waals surface area (Å²) >= 11 is 0. The number of methoxy groups -OCH3 is 2. The molecule has 4 rings (SSSR count). The molecule has 0 saturated carbocycles. The van der Waals surface area contributed by atoms with E-state index in [-0.39, 0.29) is 5.92 Å². The predicted molar refractivity (Wildman–Crippen MR) is 117 cm³/mol. The van der Waals surface area contributed by atoms with Crippen LogP contribution in [0.5, 0.6) is 11.5 Å². The van der Waals surface area contributed by atoms with Crippen LogP contribution in [0.25, 0.3) is 0 Å². The smallest absolute Gasteiger partial charge is 0.125 e. The highest BCUT2D eigenvalue weighted by Gasteiger charge is 2.30. The van der Waals surface area contributed by atoms with Crippen LogP contribution in [0.3, 0.4) is 0 Å². The van der Waals surface area contributed by atoms with Crippen LogP contribution in [0.2, 0.25) is 0 Å². The van der Waals surface area contributed by atoms with Gasteiger partial charge in [0.05, 0.1) is 20.3 Å². The third-order valence-corrected chi connectivity index (χ3v) is 6.31. The molecular formula is C25H30N2O3. The van der Waals surface area contributed by atoms with Crippen LogP contribution < -0.4 is 9.47 Å². The van der Waals surface area contributed by atoms with E-state index in [1.165, 1.54) is 11.1 Å². The first-order valence-electron chi connectivity index (χ1n) is 10.5. The fraction of sp³-hybridized carbons (Fsp3) is 0.400. The third kappa shape index (κ3) is 4.21. The van der Waals surface area contributed by atoms with Crippen molar-refractivity contribution in [2.45, 2.75) is 38.8 Å². The average Bonchev–Trinajstić information content (AvgIpc) is 3.42. The molecular weight excluding hydrogens is 376 g/mol. The molecule has 0 fully saturated rings. The van der Waals surface area contributed by atoms with Gasteiger partial charge in [-0.2, -0.15) is 5.10 Å². The fourth-order valence-electron chi connectivity index (χ4n) is 4.75. The van der Waals surface area contributed by atoms with Gasteiger partial charge in [-0.15, -0.1) is 0 Å². The van der Waals surface area contributed by atoms with Crippen molar-refractivity contribution in [2.75, 3.05) is 14.2 Å². The molecule has 0 aliphatic heterocycles. The van der Waals surface area contributed by atoms with Crippen molar-refractivity contribution < 1.29 is 14.6 Å². The van der Waals surface area contributed by atoms with Gasteiger partial charge in [0.15, 0.2) is 0 Å². The number of nitrogens with zero attached hydrogens (tertiary/aromatic N) is 2. The van der Waals surface area contributed by atoms with E-state index in [1.807, 2.05) is 36.0 Å². The predicted octanol–water partition coefficient (Wildman–Crippen LogP) is 4.36. The zero-order chi connectivity index (χ0) is 21.1. The summed E-state index contributed by atoms with van der Waals surface area (Å²) in [6.45, 7) is 2.63. The van der Waals surface area contributed by atoms with Gasteiger partial charge >= 0.3 is 0 Å². The second-order valence-electron chi connectivity index (χ2n) is 8.26. The molecule has 2 aromatic carbocycles. The van der Waals surface area contributed by atoms with Crippen molar-refractivity contribution in [3.63, 3.8) is 0 Å². The number of benzene rings is 2. The number of fused-ring (bicyclic) bond motifs is 1. The van der Waals surface area contributed by atoms with Crippen LogP contribution in [-0.2, 0) is 19.4 Å². The van der Waals surface area contributed by atoms with Crippen LogP contribution in [0.15, 0.2) is 54.9 Å². The quantitative estimate of drug-likeness (QED) is 0.604. The van der Waals surface area contributed by atoms with Gasteiger partial charge in [0.1, 0.15) is 11.5 Å². The molecule has 0 amide bonds. The molecule has 158 valence electrons. The summed E-state index contributed by atoms with van der Waals surface area (Å²) in [4.78, 5) is 0. The average molecular weight is 407 g/mol. The van der Waals surface area contributed by atoms with E-state index < -0.39 is 6.10 Å². The first-order chi connectivity index (χ1) is 14.6. The van der Waals surface area contributed by atoms with Gasteiger partial charge in [-0.3, -0.25) is 4.68 Å². The Bertz CT molecular complexity index is 934. The zero-order valence-corrected chi connectivity index (χ0v) is 17.9. The summed E-state index contributed by atoms with van der Waals surface area (Å²) in [5.74, 6) is 2.01. The van der Waals surface area contributed by atoms with E-state index in [1.54, 1.807) is 20.4 Å². The molecule has 1 aliphatic rings. The maximum absolute atomic E-state index is 11.4. The van der Waals surface area contributed by atoms with Crippen LogP contribution in [0, 0.1) is 18.8 Å². The molecule has 1 aromatic heterocycles. The van der Waals surface area contributed by atoms with E-state index in [0.29, 0.717) is 12.5 Å². The molecule has 0 saturated heterocycles. The van der Waals surface area contributed by atoms with E-state index >= 15 is 0 Å². The topological polar surface area (TPSA) is 56.5 Å². The van der Waals surface area contributed by atoms with Crippen LogP contribution in [0.1, 0.15) is 34.8 Å². The van der Waals surface area contributed by atoms with Crippen LogP contribution >= 0.6 is 0 Å². The number of aliphatic hydroxyl groups excluding tert-OH is 1. The zero-order valence-electron chi connectivity index (χ0n) is 17.9. The normalized spacial score (nSPS) is 15.6. The number of aromatic nitrogens is 2. The van der Waals surface area contributed by atoms with E-state index in [2.05, 4.69) is 29.4 Å². The second-order valence-corrected chi connectivity index (χ2v) is 8.26. The van der Waals surface area contributed by atoms with Crippen LogP contribution in [0.4, 0.5) is 0 Å². The first-order valence-corrected chi connectivity index (χ1v) is 10.5. The highest BCUT2D eigenvalue weighted by atomic mass is 16.5. The fourth-order valence-corrected chi connectivity index (χ4v) is 4.75. The summed E-state index contributed by atoms with van der Waals surface area (Å²) in [5, 5.41) is 15.8. The van der Waals surface area contributed by atoms with Gasteiger partial charge in [-0.05, 0) is 67.0 Å². The molecule has 0 unspecified atom stereocenters. The minimum absolute atomic E-state index is 0.0290. The van der Waals surface area contributed by atoms with Gasteiger partial charge in [-0.25, -0.2) is 0 Å². The molecule has 0 bridgehead atoms. The summed E-state index contributed by atoms with van der Waals surface area (Å²) in [6, 6.07) is 14.5. The van der Waals surface area contributed by atoms with Gasteiger partial charge in [0, 0.05) is 30.4 Å². The number of hydrogen-bond acceptors (Lipinski definition) is 4. The lowest BCUT2D eigenvalue weighted by molar-refractivity contribution is 0.0792. The Kier molecular flexibility index (Phi) is 6.09. The lowest BCUT2D eigenvalue weighted by Gasteiger charge is -2.27. The molecule has 1 heterocycles. The Labute approximate surface area is 178 Å². The highest BCUT2D eigenvalue weighted by Crippen LogP contribution is 2.39. The molecule has 5 nitrogen and oxygen atoms in total. The monoisotopic (exact) mass is 406 g/mol. The van der Waals surface area contributed by atoms with Crippen molar-refractivity contribution in [2.24, 2.45) is 11.8 Å². The Morgan fingerprint density at radius 2 is 1.70 bits per heavy atom. The Hall–Kier alpha value is -2.79. The standard InChI is InChI=1S/C25H30N2O3/c1-17-23(29-2)14-21(15-24(17)30-3)25(28)22(16-27-10-6-9-26-27)13-18-11-19-7-4-5-8-20(19)12-18/h4-10,14-15,18,22,25,28H,11-13,16H2,1-3H3/t22-,25+/m0/s1. The molecule has 2 atom stereocenters. The Morgan fingerprint density at radius 1 is 1.07 bits per heavy atom. The SMILES string of the molecule is COc1cc([C@@H](O)[C@@H](CC2Cc3ccccc3C2)Cn2cccn2)cc(OC)c1C. The van der Waals surface area contributed by atoms with Crippen molar-refractivity contribution >= 4 is 0 Å². The number of hydrogen-bond donors (Lipinski definition) is 1. The first kappa shape index (κ1) is 20.5. The number of ether oxygens (including phenoxy) is 2. The summed E-state index contributed by atoms with van der Waals surface area (Å²) in [5.41, 5.74) is 4.63. The molecule has 1 N–H and O–H groups in total. The maximum Gasteiger partial charge on any atom is 0.125 e. The lowest BCUT2D eigenvalue weighted by Crippen LogP contribution is -2.23. The van der Waals surface area contributed by atoms with Gasteiger partial charge in [0.25, 0.3) is 0 Å². The molecule has 1 aliphatic carbocycles. The second kappa shape index (κ2) is 8.92. The Morgan fingerprint density at radius 3 is 2.23 bits per heavy atom. The largest absolute Gasteiger partial charge is 0.496 e. The van der Waals surface area contributed by atoms with Crippen molar-refractivity contribution in [3.8, 4) is 11.5 Å². The molecule has 3 aromatic rings. The number of rotatable bonds is 8. The summed E-state index contributed by atoms with van der Waals surface area (Å²) in [6.07, 6.45) is 6.17. The minimum atomic E-state index is -0.638. The summed E-state index contributed by atoms with van der Waals surface area (Å²) in [7, 11) is 3.30. The van der Waals surface area contributed by atoms with E-state index in [9.17, 15) is 5.11 Å². The van der Waals surface area contributed by atoms with E-state index in [4.69, 9.17) is 9.47 Å². The Balaban J connectivity index is 1.59. The van der Waals surface area contributed by atoms with Crippen molar-refractivity contribution in [3.05, 3.63) is 77.1 Å². The van der Waals surface area contributed by atoms with Gasteiger partial charge < -0.3 is 14.6 Å². The lowest BCUT2D eigenvalue weighted by atomic mass is 9.85.